The maximum atomic E-state index is 11.1. The molecule has 0 aliphatic rings. The van der Waals surface area contributed by atoms with Gasteiger partial charge in [0, 0.05) is 25.4 Å². The van der Waals surface area contributed by atoms with Crippen molar-refractivity contribution >= 4 is 5.78 Å². The Labute approximate surface area is 91.7 Å². The number of nitrogens with one attached hydrogen (secondary N) is 1. The third kappa shape index (κ3) is 4.25. The minimum atomic E-state index is -0.101. The van der Waals surface area contributed by atoms with E-state index in [0.29, 0.717) is 6.42 Å². The lowest BCUT2D eigenvalue weighted by atomic mass is 10.1. The van der Waals surface area contributed by atoms with Gasteiger partial charge in [-0.3, -0.25) is 4.79 Å². The molecule has 0 spiro atoms. The molecule has 0 aromatic carbocycles. The van der Waals surface area contributed by atoms with Crippen LogP contribution in [0.4, 0.5) is 0 Å². The fourth-order valence-electron chi connectivity index (χ4n) is 1.24. The van der Waals surface area contributed by atoms with Crippen molar-refractivity contribution in [3.63, 3.8) is 0 Å². The normalized spacial score (nSPS) is 11.5. The van der Waals surface area contributed by atoms with Crippen molar-refractivity contribution in [3.8, 4) is 0 Å². The molecule has 1 unspecified atom stereocenters. The molecule has 0 radical (unpaired) electrons. The van der Waals surface area contributed by atoms with Gasteiger partial charge in [-0.25, -0.2) is 4.98 Å². The van der Waals surface area contributed by atoms with E-state index in [2.05, 4.69) is 10.3 Å². The molecule has 0 aliphatic heterocycles. The first-order valence-electron chi connectivity index (χ1n) is 5.28. The molecule has 1 heterocycles. The van der Waals surface area contributed by atoms with Gasteiger partial charge in [-0.15, -0.1) is 0 Å². The number of carbonyl (C=O) groups excluding carboxylic acids is 1. The molecule has 0 fully saturated rings. The van der Waals surface area contributed by atoms with Crippen LogP contribution in [0.1, 0.15) is 26.5 Å². The van der Waals surface area contributed by atoms with E-state index in [-0.39, 0.29) is 11.8 Å². The summed E-state index contributed by atoms with van der Waals surface area (Å²) in [7, 11) is 3.72. The topological polar surface area (TPSA) is 46.9 Å². The summed E-state index contributed by atoms with van der Waals surface area (Å²) in [6.45, 7) is 5.59. The Hall–Kier alpha value is -1.16. The third-order valence-electron chi connectivity index (χ3n) is 2.17. The van der Waals surface area contributed by atoms with E-state index in [1.54, 1.807) is 26.5 Å². The quantitative estimate of drug-likeness (QED) is 0.813. The lowest BCUT2D eigenvalue weighted by molar-refractivity contribution is -0.118. The van der Waals surface area contributed by atoms with Crippen molar-refractivity contribution in [2.45, 2.75) is 33.2 Å². The zero-order valence-electron chi connectivity index (χ0n) is 10.2. The smallest absolute Gasteiger partial charge is 0.147 e. The Balaban J connectivity index is 0.000000921. The van der Waals surface area contributed by atoms with Crippen molar-refractivity contribution in [1.29, 1.82) is 0 Å². The van der Waals surface area contributed by atoms with Gasteiger partial charge in [-0.1, -0.05) is 13.8 Å². The summed E-state index contributed by atoms with van der Waals surface area (Å²) in [4.78, 5) is 15.1. The van der Waals surface area contributed by atoms with Gasteiger partial charge in [0.05, 0.1) is 12.4 Å². The number of Topliss-reactive ketones (excluding diaryl/α,β-unsaturated/α-hetero) is 1. The molecule has 86 valence electrons. The summed E-state index contributed by atoms with van der Waals surface area (Å²) in [6.07, 6.45) is 4.22. The van der Waals surface area contributed by atoms with Gasteiger partial charge in [0.2, 0.25) is 0 Å². The van der Waals surface area contributed by atoms with Gasteiger partial charge in [-0.2, -0.15) is 0 Å². The first kappa shape index (κ1) is 13.8. The SMILES string of the molecule is CC.CNC(Cc1cncn1C)C(C)=O. The molecule has 1 aromatic heterocycles. The van der Waals surface area contributed by atoms with Gasteiger partial charge >= 0.3 is 0 Å². The molecular formula is C11H21N3O. The highest BCUT2D eigenvalue weighted by Gasteiger charge is 2.13. The Morgan fingerprint density at radius 3 is 2.53 bits per heavy atom. The molecule has 1 aromatic rings. The lowest BCUT2D eigenvalue weighted by Gasteiger charge is -2.12. The molecule has 15 heavy (non-hydrogen) atoms. The van der Waals surface area contributed by atoms with Crippen LogP contribution in [0.2, 0.25) is 0 Å². The summed E-state index contributed by atoms with van der Waals surface area (Å²) in [6, 6.07) is -0.101. The summed E-state index contributed by atoms with van der Waals surface area (Å²) >= 11 is 0. The number of rotatable bonds is 4. The van der Waals surface area contributed by atoms with Crippen LogP contribution >= 0.6 is 0 Å². The van der Waals surface area contributed by atoms with E-state index in [0.717, 1.165) is 5.69 Å². The monoisotopic (exact) mass is 211 g/mol. The van der Waals surface area contributed by atoms with Gasteiger partial charge in [0.25, 0.3) is 0 Å². The minimum absolute atomic E-state index is 0.101. The first-order chi connectivity index (χ1) is 7.15. The molecule has 0 amide bonds. The van der Waals surface area contributed by atoms with E-state index in [1.807, 2.05) is 25.5 Å². The second-order valence-electron chi connectivity index (χ2n) is 3.15. The second kappa shape index (κ2) is 7.17. The van der Waals surface area contributed by atoms with Crippen molar-refractivity contribution < 1.29 is 4.79 Å². The van der Waals surface area contributed by atoms with Crippen molar-refractivity contribution in [2.75, 3.05) is 7.05 Å². The lowest BCUT2D eigenvalue weighted by Crippen LogP contribution is -2.34. The molecule has 4 nitrogen and oxygen atoms in total. The Bertz CT molecular complexity index is 294. The Morgan fingerprint density at radius 2 is 2.20 bits per heavy atom. The van der Waals surface area contributed by atoms with E-state index in [1.165, 1.54) is 0 Å². The van der Waals surface area contributed by atoms with E-state index in [9.17, 15) is 4.79 Å². The average Bonchev–Trinajstić information content (AvgIpc) is 2.63. The zero-order chi connectivity index (χ0) is 11.8. The molecule has 0 bridgehead atoms. The maximum absolute atomic E-state index is 11.1. The predicted octanol–water partition coefficient (Wildman–Crippen LogP) is 1.17. The number of likely N-dealkylation sites (N-methyl/N-ethyl adjacent to an activating group) is 1. The molecule has 1 rings (SSSR count). The van der Waals surface area contributed by atoms with Crippen molar-refractivity contribution in [3.05, 3.63) is 18.2 Å². The number of carbonyl (C=O) groups is 1. The Morgan fingerprint density at radius 1 is 1.60 bits per heavy atom. The van der Waals surface area contributed by atoms with Gasteiger partial charge in [-0.05, 0) is 14.0 Å². The molecule has 1 N–H and O–H groups in total. The van der Waals surface area contributed by atoms with Crippen LogP contribution in [-0.2, 0) is 18.3 Å². The number of hydrogen-bond acceptors (Lipinski definition) is 3. The summed E-state index contributed by atoms with van der Waals surface area (Å²) in [5.74, 6) is 0.156. The molecule has 0 saturated heterocycles. The fourth-order valence-corrected chi connectivity index (χ4v) is 1.24. The third-order valence-corrected chi connectivity index (χ3v) is 2.17. The van der Waals surface area contributed by atoms with Crippen LogP contribution < -0.4 is 5.32 Å². The summed E-state index contributed by atoms with van der Waals surface area (Å²) in [5.41, 5.74) is 1.06. The highest BCUT2D eigenvalue weighted by molar-refractivity contribution is 5.81. The predicted molar refractivity (Wildman–Crippen MR) is 61.8 cm³/mol. The van der Waals surface area contributed by atoms with Crippen LogP contribution in [0.3, 0.4) is 0 Å². The van der Waals surface area contributed by atoms with Gasteiger partial charge in [0.15, 0.2) is 0 Å². The standard InChI is InChI=1S/C9H15N3O.C2H6/c1-7(13)9(10-2)4-8-5-11-6-12(8)3;1-2/h5-6,9-10H,4H2,1-3H3;1-2H3. The van der Waals surface area contributed by atoms with Gasteiger partial charge < -0.3 is 9.88 Å². The zero-order valence-corrected chi connectivity index (χ0v) is 10.2. The van der Waals surface area contributed by atoms with Crippen LogP contribution in [0.25, 0.3) is 0 Å². The van der Waals surface area contributed by atoms with Crippen LogP contribution in [0.15, 0.2) is 12.5 Å². The minimum Gasteiger partial charge on any atom is -0.338 e. The van der Waals surface area contributed by atoms with Crippen molar-refractivity contribution in [2.24, 2.45) is 7.05 Å². The average molecular weight is 211 g/mol. The molecule has 4 heteroatoms. The van der Waals surface area contributed by atoms with Crippen LogP contribution in [0.5, 0.6) is 0 Å². The maximum Gasteiger partial charge on any atom is 0.147 e. The summed E-state index contributed by atoms with van der Waals surface area (Å²) < 4.78 is 1.92. The largest absolute Gasteiger partial charge is 0.338 e. The fraction of sp³-hybridized carbons (Fsp3) is 0.636. The highest BCUT2D eigenvalue weighted by Crippen LogP contribution is 2.01. The molecule has 0 aliphatic carbocycles. The molecule has 1 atom stereocenters. The molecule has 0 saturated carbocycles. The van der Waals surface area contributed by atoms with E-state index < -0.39 is 0 Å². The van der Waals surface area contributed by atoms with E-state index in [4.69, 9.17) is 0 Å². The number of aryl methyl sites for hydroxylation is 1. The van der Waals surface area contributed by atoms with Crippen molar-refractivity contribution in [1.82, 2.24) is 14.9 Å². The Kier molecular flexibility index (Phi) is 6.62. The first-order valence-corrected chi connectivity index (χ1v) is 5.28. The van der Waals surface area contributed by atoms with Gasteiger partial charge in [0.1, 0.15) is 5.78 Å². The highest BCUT2D eigenvalue weighted by atomic mass is 16.1. The number of nitrogens with zero attached hydrogens (tertiary/aromatic N) is 2. The number of ketones is 1. The van der Waals surface area contributed by atoms with Crippen LogP contribution in [-0.4, -0.2) is 28.4 Å². The number of hydrogen-bond donors (Lipinski definition) is 1. The number of imidazole rings is 1. The van der Waals surface area contributed by atoms with Crippen LogP contribution in [0, 0.1) is 0 Å². The second-order valence-corrected chi connectivity index (χ2v) is 3.15. The summed E-state index contributed by atoms with van der Waals surface area (Å²) in [5, 5.41) is 2.98. The van der Waals surface area contributed by atoms with E-state index >= 15 is 0 Å². The number of aromatic nitrogens is 2. The molecular weight excluding hydrogens is 190 g/mol.